The highest BCUT2D eigenvalue weighted by molar-refractivity contribution is 7.99. The number of carbonyl (C=O) groups is 2. The van der Waals surface area contributed by atoms with Crippen molar-refractivity contribution in [3.63, 3.8) is 0 Å². The molecule has 3 aromatic heterocycles. The molecule has 11 heteroatoms. The van der Waals surface area contributed by atoms with Gasteiger partial charge in [-0.2, -0.15) is 0 Å². The van der Waals surface area contributed by atoms with Crippen molar-refractivity contribution in [2.75, 3.05) is 17.7 Å². The van der Waals surface area contributed by atoms with Crippen LogP contribution in [0.15, 0.2) is 65.4 Å². The highest BCUT2D eigenvalue weighted by Crippen LogP contribution is 2.25. The Hall–Kier alpha value is -3.57. The predicted octanol–water partition coefficient (Wildman–Crippen LogP) is 3.68. The summed E-state index contributed by atoms with van der Waals surface area (Å²) in [6.07, 6.45) is 3.50. The fraction of sp³-hybridized carbons (Fsp3) is 0.217. The molecule has 4 aromatic rings. The maximum Gasteiger partial charge on any atom is 0.311 e. The zero-order chi connectivity index (χ0) is 23.8. The molecule has 1 aromatic carbocycles. The van der Waals surface area contributed by atoms with E-state index in [-0.39, 0.29) is 24.1 Å². The molecule has 0 saturated heterocycles. The van der Waals surface area contributed by atoms with E-state index in [2.05, 4.69) is 25.5 Å². The van der Waals surface area contributed by atoms with E-state index >= 15 is 0 Å². The summed E-state index contributed by atoms with van der Waals surface area (Å²) in [5, 5.41) is 14.3. The van der Waals surface area contributed by atoms with Crippen molar-refractivity contribution in [2.24, 2.45) is 0 Å². The topological polar surface area (TPSA) is 112 Å². The quantitative estimate of drug-likeness (QED) is 0.262. The minimum absolute atomic E-state index is 0.0787. The highest BCUT2D eigenvalue weighted by Gasteiger charge is 2.17. The molecule has 0 fully saturated rings. The summed E-state index contributed by atoms with van der Waals surface area (Å²) in [7, 11) is 0. The maximum absolute atomic E-state index is 12.5. The number of nitrogens with zero attached hydrogens (tertiary/aromatic N) is 5. The van der Waals surface area contributed by atoms with Crippen molar-refractivity contribution in [3.05, 3.63) is 71.5 Å². The summed E-state index contributed by atoms with van der Waals surface area (Å²) >= 11 is 2.56. The molecule has 34 heavy (non-hydrogen) atoms. The van der Waals surface area contributed by atoms with Gasteiger partial charge in [0.1, 0.15) is 0 Å². The van der Waals surface area contributed by atoms with Gasteiger partial charge in [0.2, 0.25) is 5.91 Å². The van der Waals surface area contributed by atoms with Crippen molar-refractivity contribution >= 4 is 40.1 Å². The first-order valence-corrected chi connectivity index (χ1v) is 12.4. The van der Waals surface area contributed by atoms with Gasteiger partial charge in [0.25, 0.3) is 0 Å². The Balaban J connectivity index is 1.43. The summed E-state index contributed by atoms with van der Waals surface area (Å²) < 4.78 is 6.92. The van der Waals surface area contributed by atoms with Gasteiger partial charge in [-0.1, -0.05) is 42.1 Å². The van der Waals surface area contributed by atoms with E-state index in [0.29, 0.717) is 35.0 Å². The van der Waals surface area contributed by atoms with E-state index in [4.69, 9.17) is 4.74 Å². The van der Waals surface area contributed by atoms with Gasteiger partial charge in [0.15, 0.2) is 16.1 Å². The molecule has 174 valence electrons. The van der Waals surface area contributed by atoms with E-state index in [9.17, 15) is 9.59 Å². The lowest BCUT2D eigenvalue weighted by Gasteiger charge is -2.10. The Morgan fingerprint density at radius 1 is 1.12 bits per heavy atom. The molecule has 0 aliphatic carbocycles. The third-order valence-electron chi connectivity index (χ3n) is 4.60. The Labute approximate surface area is 204 Å². The van der Waals surface area contributed by atoms with E-state index in [1.165, 1.54) is 23.1 Å². The number of thiazole rings is 1. The van der Waals surface area contributed by atoms with Crippen LogP contribution in [0.1, 0.15) is 18.2 Å². The average Bonchev–Trinajstić information content (AvgIpc) is 3.45. The monoisotopic (exact) mass is 494 g/mol. The molecular weight excluding hydrogens is 472 g/mol. The molecule has 0 unspecified atom stereocenters. The van der Waals surface area contributed by atoms with Crippen LogP contribution in [0, 0.1) is 0 Å². The summed E-state index contributed by atoms with van der Waals surface area (Å²) in [4.78, 5) is 32.5. The Morgan fingerprint density at radius 3 is 2.68 bits per heavy atom. The number of pyridine rings is 1. The first-order valence-electron chi connectivity index (χ1n) is 10.5. The molecular formula is C23H22N6O3S2. The molecule has 3 heterocycles. The Kier molecular flexibility index (Phi) is 7.99. The Morgan fingerprint density at radius 2 is 1.91 bits per heavy atom. The molecule has 1 N–H and O–H groups in total. The van der Waals surface area contributed by atoms with Crippen molar-refractivity contribution in [1.29, 1.82) is 0 Å². The van der Waals surface area contributed by atoms with E-state index in [0.717, 1.165) is 11.1 Å². The lowest BCUT2D eigenvalue weighted by molar-refractivity contribution is -0.142. The molecule has 0 radical (unpaired) electrons. The van der Waals surface area contributed by atoms with Gasteiger partial charge in [0, 0.05) is 23.3 Å². The molecule has 4 rings (SSSR count). The first kappa shape index (κ1) is 23.6. The molecule has 0 aliphatic rings. The number of rotatable bonds is 10. The molecule has 0 atom stereocenters. The van der Waals surface area contributed by atoms with E-state index < -0.39 is 0 Å². The van der Waals surface area contributed by atoms with Gasteiger partial charge in [0.05, 0.1) is 31.0 Å². The van der Waals surface area contributed by atoms with Crippen LogP contribution < -0.4 is 5.32 Å². The van der Waals surface area contributed by atoms with Crippen molar-refractivity contribution in [2.45, 2.75) is 25.0 Å². The van der Waals surface area contributed by atoms with Crippen molar-refractivity contribution < 1.29 is 14.3 Å². The highest BCUT2D eigenvalue weighted by atomic mass is 32.2. The van der Waals surface area contributed by atoms with Gasteiger partial charge in [-0.3, -0.25) is 19.1 Å². The lowest BCUT2D eigenvalue weighted by atomic mass is 10.2. The van der Waals surface area contributed by atoms with Crippen LogP contribution in [0.4, 0.5) is 5.13 Å². The van der Waals surface area contributed by atoms with Gasteiger partial charge in [-0.05, 0) is 24.6 Å². The van der Waals surface area contributed by atoms with Gasteiger partial charge < -0.3 is 10.1 Å². The van der Waals surface area contributed by atoms with Gasteiger partial charge >= 0.3 is 5.97 Å². The fourth-order valence-corrected chi connectivity index (χ4v) is 4.57. The maximum atomic E-state index is 12.5. The number of benzene rings is 1. The number of esters is 1. The number of carbonyl (C=O) groups excluding carboxylic acids is 2. The first-order chi connectivity index (χ1) is 16.6. The van der Waals surface area contributed by atoms with Crippen molar-refractivity contribution in [1.82, 2.24) is 24.7 Å². The number of nitrogens with one attached hydrogen (secondary N) is 1. The SMILES string of the molecule is CCOC(=O)Cc1csc(NC(=O)CSc2nnc(-c3ccncc3)n2Cc2ccccc2)n1. The third kappa shape index (κ3) is 6.27. The average molecular weight is 495 g/mol. The van der Waals surface area contributed by atoms with Crippen LogP contribution in [-0.4, -0.2) is 49.0 Å². The molecule has 0 spiro atoms. The fourth-order valence-electron chi connectivity index (χ4n) is 3.11. The number of ether oxygens (including phenoxy) is 1. The van der Waals surface area contributed by atoms with Crippen LogP contribution in [0.5, 0.6) is 0 Å². The number of anilines is 1. The number of aromatic nitrogens is 5. The smallest absolute Gasteiger partial charge is 0.311 e. The zero-order valence-corrected chi connectivity index (χ0v) is 20.0. The standard InChI is InChI=1S/C23H22N6O3S2/c1-2-32-20(31)12-18-14-33-22(25-18)26-19(30)15-34-23-28-27-21(17-8-10-24-11-9-17)29(23)13-16-6-4-3-5-7-16/h3-11,14H,2,12-13,15H2,1H3,(H,25,26,30). The number of hydrogen-bond acceptors (Lipinski definition) is 9. The van der Waals surface area contributed by atoms with E-state index in [1.54, 1.807) is 24.7 Å². The van der Waals surface area contributed by atoms with Crippen LogP contribution in [0.25, 0.3) is 11.4 Å². The van der Waals surface area contributed by atoms with Crippen molar-refractivity contribution in [3.8, 4) is 11.4 Å². The number of hydrogen-bond donors (Lipinski definition) is 1. The number of amides is 1. The second-order valence-electron chi connectivity index (χ2n) is 7.08. The molecule has 0 bridgehead atoms. The second kappa shape index (κ2) is 11.5. The molecule has 1 amide bonds. The predicted molar refractivity (Wildman–Crippen MR) is 131 cm³/mol. The van der Waals surface area contributed by atoms with E-state index in [1.807, 2.05) is 47.0 Å². The summed E-state index contributed by atoms with van der Waals surface area (Å²) in [6.45, 7) is 2.64. The largest absolute Gasteiger partial charge is 0.466 e. The van der Waals surface area contributed by atoms with Gasteiger partial charge in [-0.15, -0.1) is 21.5 Å². The van der Waals surface area contributed by atoms with Crippen LogP contribution in [0.3, 0.4) is 0 Å². The number of thioether (sulfide) groups is 1. The van der Waals surface area contributed by atoms with Gasteiger partial charge in [-0.25, -0.2) is 4.98 Å². The van der Waals surface area contributed by atoms with Crippen LogP contribution >= 0.6 is 23.1 Å². The van der Waals surface area contributed by atoms with Crippen LogP contribution in [0.2, 0.25) is 0 Å². The summed E-state index contributed by atoms with van der Waals surface area (Å²) in [5.41, 5.74) is 2.56. The molecule has 0 saturated carbocycles. The summed E-state index contributed by atoms with van der Waals surface area (Å²) in [6, 6.07) is 13.8. The normalized spacial score (nSPS) is 10.7. The second-order valence-corrected chi connectivity index (χ2v) is 8.88. The zero-order valence-electron chi connectivity index (χ0n) is 18.4. The minimum atomic E-state index is -0.344. The summed E-state index contributed by atoms with van der Waals surface area (Å²) in [5.74, 6) is 0.277. The lowest BCUT2D eigenvalue weighted by Crippen LogP contribution is -2.15. The molecule has 9 nitrogen and oxygen atoms in total. The molecule has 0 aliphatic heterocycles. The third-order valence-corrected chi connectivity index (χ3v) is 6.37. The Bertz CT molecular complexity index is 1240. The van der Waals surface area contributed by atoms with Crippen LogP contribution in [-0.2, 0) is 27.3 Å². The minimum Gasteiger partial charge on any atom is -0.466 e.